The molecule has 1 saturated carbocycles. The van der Waals surface area contributed by atoms with Crippen molar-refractivity contribution in [1.29, 1.82) is 0 Å². The molecule has 0 aliphatic heterocycles. The normalized spacial score (nSPS) is 16.2. The van der Waals surface area contributed by atoms with Gasteiger partial charge in [-0.25, -0.2) is 8.42 Å². The van der Waals surface area contributed by atoms with Crippen molar-refractivity contribution in [3.8, 4) is 0 Å². The molecular weight excluding hydrogens is 284 g/mol. The van der Waals surface area contributed by atoms with Gasteiger partial charge >= 0.3 is 0 Å². The minimum absolute atomic E-state index is 0.171. The summed E-state index contributed by atoms with van der Waals surface area (Å²) < 4.78 is 25.5. The van der Waals surface area contributed by atoms with E-state index in [4.69, 9.17) is 5.73 Å². The predicted molar refractivity (Wildman–Crippen MR) is 75.8 cm³/mol. The Kier molecular flexibility index (Phi) is 4.52. The van der Waals surface area contributed by atoms with Gasteiger partial charge in [-0.05, 0) is 26.7 Å². The fourth-order valence-corrected chi connectivity index (χ4v) is 4.14. The highest BCUT2D eigenvalue weighted by Gasteiger charge is 2.29. The minimum Gasteiger partial charge on any atom is -0.324 e. The predicted octanol–water partition coefficient (Wildman–Crippen LogP) is 0.987. The molecule has 0 amide bonds. The molecule has 8 heteroatoms. The molecule has 108 valence electrons. The average Bonchev–Trinajstić information content (AvgIpc) is 3.10. The lowest BCUT2D eigenvalue weighted by Crippen LogP contribution is -2.19. The smallest absolute Gasteiger partial charge is 0.191 e. The Morgan fingerprint density at radius 3 is 2.63 bits per heavy atom. The van der Waals surface area contributed by atoms with Crippen LogP contribution in [0.5, 0.6) is 0 Å². The van der Waals surface area contributed by atoms with Crippen molar-refractivity contribution in [1.82, 2.24) is 14.8 Å². The number of nitrogens with zero attached hydrogens (tertiary/aromatic N) is 3. The first-order valence-corrected chi connectivity index (χ1v) is 9.14. The summed E-state index contributed by atoms with van der Waals surface area (Å²) in [5.74, 6) is 1.47. The van der Waals surface area contributed by atoms with Gasteiger partial charge in [-0.15, -0.1) is 10.2 Å². The Balaban J connectivity index is 1.99. The summed E-state index contributed by atoms with van der Waals surface area (Å²) in [7, 11) is -2.99. The zero-order chi connectivity index (χ0) is 14.0. The molecule has 2 N–H and O–H groups in total. The number of hydrogen-bond donors (Lipinski definition) is 1. The second-order valence-corrected chi connectivity index (χ2v) is 8.71. The van der Waals surface area contributed by atoms with Gasteiger partial charge < -0.3 is 10.3 Å². The van der Waals surface area contributed by atoms with Crippen LogP contribution in [0.4, 0.5) is 0 Å². The van der Waals surface area contributed by atoms with Crippen molar-refractivity contribution in [3.63, 3.8) is 0 Å². The van der Waals surface area contributed by atoms with Gasteiger partial charge in [0.1, 0.15) is 5.82 Å². The highest BCUT2D eigenvalue weighted by molar-refractivity contribution is 8.00. The summed E-state index contributed by atoms with van der Waals surface area (Å²) >= 11 is 1.45. The SMILES string of the molecule is CC(C)S(=O)(=O)CCSc1nnc(CN)n1C1CC1. The molecule has 2 rings (SSSR count). The lowest BCUT2D eigenvalue weighted by atomic mass is 10.5. The molecule has 0 unspecified atom stereocenters. The van der Waals surface area contributed by atoms with Crippen LogP contribution in [0.1, 0.15) is 38.6 Å². The first kappa shape index (κ1) is 14.8. The summed E-state index contributed by atoms with van der Waals surface area (Å²) in [6.07, 6.45) is 2.26. The number of aromatic nitrogens is 3. The number of hydrogen-bond acceptors (Lipinski definition) is 6. The molecule has 1 aliphatic carbocycles. The van der Waals surface area contributed by atoms with Crippen LogP contribution in [0.15, 0.2) is 5.16 Å². The summed E-state index contributed by atoms with van der Waals surface area (Å²) in [5.41, 5.74) is 5.64. The van der Waals surface area contributed by atoms with Crippen LogP contribution >= 0.6 is 11.8 Å². The lowest BCUT2D eigenvalue weighted by Gasteiger charge is -2.09. The fourth-order valence-electron chi connectivity index (χ4n) is 1.73. The van der Waals surface area contributed by atoms with Crippen molar-refractivity contribution in [3.05, 3.63) is 5.82 Å². The van der Waals surface area contributed by atoms with E-state index in [0.29, 0.717) is 18.3 Å². The fraction of sp³-hybridized carbons (Fsp3) is 0.818. The molecule has 0 atom stereocenters. The van der Waals surface area contributed by atoms with Gasteiger partial charge in [-0.2, -0.15) is 0 Å². The lowest BCUT2D eigenvalue weighted by molar-refractivity contribution is 0.589. The number of nitrogens with two attached hydrogens (primary N) is 1. The average molecular weight is 304 g/mol. The highest BCUT2D eigenvalue weighted by Crippen LogP contribution is 2.38. The number of rotatable bonds is 7. The Hall–Kier alpha value is -0.600. The van der Waals surface area contributed by atoms with Crippen LogP contribution in [0.2, 0.25) is 0 Å². The second kappa shape index (κ2) is 5.80. The number of thioether (sulfide) groups is 1. The van der Waals surface area contributed by atoms with Crippen molar-refractivity contribution < 1.29 is 8.42 Å². The standard InChI is InChI=1S/C11H20N4O2S2/c1-8(2)19(16,17)6-5-18-11-14-13-10(7-12)15(11)9-3-4-9/h8-9H,3-7,12H2,1-2H3. The van der Waals surface area contributed by atoms with Crippen molar-refractivity contribution >= 4 is 21.6 Å². The number of sulfone groups is 1. The maximum atomic E-state index is 11.7. The maximum absolute atomic E-state index is 11.7. The molecule has 1 fully saturated rings. The van der Waals surface area contributed by atoms with Gasteiger partial charge in [0.25, 0.3) is 0 Å². The molecule has 0 saturated heterocycles. The van der Waals surface area contributed by atoms with E-state index in [1.165, 1.54) is 11.8 Å². The molecule has 0 bridgehead atoms. The molecule has 1 aromatic heterocycles. The van der Waals surface area contributed by atoms with Gasteiger partial charge in [-0.3, -0.25) is 0 Å². The van der Waals surface area contributed by atoms with Gasteiger partial charge in [0.15, 0.2) is 15.0 Å². The molecule has 1 heterocycles. The van der Waals surface area contributed by atoms with Crippen LogP contribution < -0.4 is 5.73 Å². The maximum Gasteiger partial charge on any atom is 0.191 e. The minimum atomic E-state index is -2.99. The summed E-state index contributed by atoms with van der Waals surface area (Å²) in [4.78, 5) is 0. The van der Waals surface area contributed by atoms with Crippen LogP contribution in [0.25, 0.3) is 0 Å². The van der Waals surface area contributed by atoms with E-state index < -0.39 is 9.84 Å². The van der Waals surface area contributed by atoms with Gasteiger partial charge in [-0.1, -0.05) is 11.8 Å². The monoisotopic (exact) mass is 304 g/mol. The Labute approximate surface area is 118 Å². The van der Waals surface area contributed by atoms with Crippen molar-refractivity contribution in [2.24, 2.45) is 5.73 Å². The Morgan fingerprint density at radius 2 is 2.11 bits per heavy atom. The van der Waals surface area contributed by atoms with Crippen LogP contribution in [0.3, 0.4) is 0 Å². The van der Waals surface area contributed by atoms with Gasteiger partial charge in [0.05, 0.1) is 17.5 Å². The topological polar surface area (TPSA) is 90.9 Å². The molecular formula is C11H20N4O2S2. The first-order chi connectivity index (χ1) is 8.95. The van der Waals surface area contributed by atoms with Crippen LogP contribution in [-0.2, 0) is 16.4 Å². The van der Waals surface area contributed by atoms with Gasteiger partial charge in [0.2, 0.25) is 0 Å². The molecule has 0 aromatic carbocycles. The van der Waals surface area contributed by atoms with Crippen LogP contribution in [-0.4, -0.2) is 39.9 Å². The third-order valence-electron chi connectivity index (χ3n) is 3.15. The van der Waals surface area contributed by atoms with E-state index in [2.05, 4.69) is 14.8 Å². The zero-order valence-electron chi connectivity index (χ0n) is 11.2. The third-order valence-corrected chi connectivity index (χ3v) is 6.56. The molecule has 1 aromatic rings. The Morgan fingerprint density at radius 1 is 1.42 bits per heavy atom. The van der Waals surface area contributed by atoms with E-state index in [1.807, 2.05) is 0 Å². The second-order valence-electron chi connectivity index (χ2n) is 4.97. The van der Waals surface area contributed by atoms with E-state index >= 15 is 0 Å². The van der Waals surface area contributed by atoms with E-state index in [1.54, 1.807) is 13.8 Å². The zero-order valence-corrected chi connectivity index (χ0v) is 12.9. The first-order valence-electron chi connectivity index (χ1n) is 6.44. The summed E-state index contributed by atoms with van der Waals surface area (Å²) in [6.45, 7) is 3.78. The third kappa shape index (κ3) is 3.49. The molecule has 19 heavy (non-hydrogen) atoms. The molecule has 6 nitrogen and oxygen atoms in total. The Bertz CT molecular complexity index is 535. The summed E-state index contributed by atoms with van der Waals surface area (Å²) in [5, 5.41) is 8.65. The highest BCUT2D eigenvalue weighted by atomic mass is 32.2. The molecule has 0 spiro atoms. The largest absolute Gasteiger partial charge is 0.324 e. The summed E-state index contributed by atoms with van der Waals surface area (Å²) in [6, 6.07) is 0.456. The van der Waals surface area contributed by atoms with Crippen LogP contribution in [0, 0.1) is 0 Å². The molecule has 1 aliphatic rings. The van der Waals surface area contributed by atoms with Crippen molar-refractivity contribution in [2.45, 2.75) is 49.7 Å². The van der Waals surface area contributed by atoms with E-state index in [-0.39, 0.29) is 11.0 Å². The quantitative estimate of drug-likeness (QED) is 0.755. The molecule has 0 radical (unpaired) electrons. The van der Waals surface area contributed by atoms with Gasteiger partial charge in [0, 0.05) is 11.8 Å². The van der Waals surface area contributed by atoms with Crippen molar-refractivity contribution in [2.75, 3.05) is 11.5 Å². The van der Waals surface area contributed by atoms with E-state index in [9.17, 15) is 8.42 Å². The van der Waals surface area contributed by atoms with E-state index in [0.717, 1.165) is 23.8 Å².